The molecule has 1 aliphatic heterocycles. The highest BCUT2D eigenvalue weighted by atomic mass is 16.5. The van der Waals surface area contributed by atoms with Crippen molar-refractivity contribution in [1.29, 1.82) is 0 Å². The van der Waals surface area contributed by atoms with Crippen molar-refractivity contribution in [3.63, 3.8) is 0 Å². The van der Waals surface area contributed by atoms with Gasteiger partial charge in [0, 0.05) is 20.4 Å². The van der Waals surface area contributed by atoms with E-state index >= 15 is 0 Å². The third-order valence-electron chi connectivity index (χ3n) is 3.99. The predicted octanol–water partition coefficient (Wildman–Crippen LogP) is 1.46. The fraction of sp³-hybridized carbons (Fsp3) is 0.786. The molecule has 2 heterocycles. The van der Waals surface area contributed by atoms with E-state index in [2.05, 4.69) is 22.0 Å². The molecule has 0 unspecified atom stereocenters. The van der Waals surface area contributed by atoms with Crippen molar-refractivity contribution in [3.8, 4) is 0 Å². The molecule has 0 aromatic carbocycles. The van der Waals surface area contributed by atoms with E-state index < -0.39 is 0 Å². The highest BCUT2D eigenvalue weighted by molar-refractivity contribution is 5.76. The van der Waals surface area contributed by atoms with Gasteiger partial charge >= 0.3 is 0 Å². The van der Waals surface area contributed by atoms with Crippen molar-refractivity contribution in [1.82, 2.24) is 19.9 Å². The Kier molecular flexibility index (Phi) is 5.11. The summed E-state index contributed by atoms with van der Waals surface area (Å²) in [5, 5.41) is 3.82. The van der Waals surface area contributed by atoms with Gasteiger partial charge in [0.1, 0.15) is 0 Å². The zero-order valence-corrected chi connectivity index (χ0v) is 12.6. The maximum absolute atomic E-state index is 12.2. The summed E-state index contributed by atoms with van der Waals surface area (Å²) < 4.78 is 4.91. The molecule has 1 aliphatic rings. The molecule has 6 nitrogen and oxygen atoms in total. The first-order chi connectivity index (χ1) is 9.58. The Labute approximate surface area is 120 Å². The van der Waals surface area contributed by atoms with Crippen molar-refractivity contribution in [2.45, 2.75) is 39.7 Å². The number of nitrogens with zero attached hydrogens (tertiary/aromatic N) is 4. The van der Waals surface area contributed by atoms with E-state index in [4.69, 9.17) is 4.52 Å². The topological polar surface area (TPSA) is 62.5 Å². The number of amides is 1. The molecule has 2 rings (SSSR count). The van der Waals surface area contributed by atoms with Gasteiger partial charge in [0.2, 0.25) is 11.8 Å². The highest BCUT2D eigenvalue weighted by Crippen LogP contribution is 2.21. The number of hydrogen-bond donors (Lipinski definition) is 0. The van der Waals surface area contributed by atoms with Crippen molar-refractivity contribution in [2.75, 3.05) is 26.7 Å². The summed E-state index contributed by atoms with van der Waals surface area (Å²) in [5.41, 5.74) is 0. The summed E-state index contributed by atoms with van der Waals surface area (Å²) in [6.07, 6.45) is 2.87. The largest absolute Gasteiger partial charge is 0.340 e. The van der Waals surface area contributed by atoms with Crippen LogP contribution in [0, 0.1) is 12.8 Å². The average molecular weight is 280 g/mol. The van der Waals surface area contributed by atoms with Crippen LogP contribution in [-0.2, 0) is 11.3 Å². The summed E-state index contributed by atoms with van der Waals surface area (Å²) in [6.45, 7) is 7.69. The monoisotopic (exact) mass is 280 g/mol. The van der Waals surface area contributed by atoms with Gasteiger partial charge in [0.05, 0.1) is 6.54 Å². The van der Waals surface area contributed by atoms with Crippen LogP contribution in [0.15, 0.2) is 4.52 Å². The molecule has 112 valence electrons. The number of aromatic nitrogens is 2. The van der Waals surface area contributed by atoms with Crippen LogP contribution in [0.2, 0.25) is 0 Å². The standard InChI is InChI=1S/C14H24N4O2/c1-4-18-7-5-12(6-8-18)9-14(19)17(3)10-13-15-11(2)20-16-13/h12H,4-10H2,1-3H3. The van der Waals surface area contributed by atoms with E-state index in [1.165, 1.54) is 0 Å². The van der Waals surface area contributed by atoms with Crippen LogP contribution in [0.25, 0.3) is 0 Å². The maximum Gasteiger partial charge on any atom is 0.223 e. The van der Waals surface area contributed by atoms with Gasteiger partial charge in [-0.25, -0.2) is 0 Å². The van der Waals surface area contributed by atoms with Crippen molar-refractivity contribution >= 4 is 5.91 Å². The average Bonchev–Trinajstić information content (AvgIpc) is 2.85. The van der Waals surface area contributed by atoms with Crippen molar-refractivity contribution < 1.29 is 9.32 Å². The summed E-state index contributed by atoms with van der Waals surface area (Å²) in [4.78, 5) is 20.5. The molecular formula is C14H24N4O2. The molecule has 20 heavy (non-hydrogen) atoms. The van der Waals surface area contributed by atoms with Gasteiger partial charge in [-0.3, -0.25) is 4.79 Å². The van der Waals surface area contributed by atoms with E-state index in [0.29, 0.717) is 30.6 Å². The minimum absolute atomic E-state index is 0.169. The molecule has 0 atom stereocenters. The molecule has 1 saturated heterocycles. The second-order valence-corrected chi connectivity index (χ2v) is 5.56. The molecule has 1 aromatic heterocycles. The van der Waals surface area contributed by atoms with Gasteiger partial charge in [-0.15, -0.1) is 0 Å². The Hall–Kier alpha value is -1.43. The number of aryl methyl sites for hydroxylation is 1. The molecule has 0 bridgehead atoms. The van der Waals surface area contributed by atoms with Gasteiger partial charge in [-0.1, -0.05) is 12.1 Å². The first-order valence-electron chi connectivity index (χ1n) is 7.34. The molecule has 1 amide bonds. The van der Waals surface area contributed by atoms with Crippen molar-refractivity contribution in [3.05, 3.63) is 11.7 Å². The number of rotatable bonds is 5. The smallest absolute Gasteiger partial charge is 0.223 e. The van der Waals surface area contributed by atoms with Crippen LogP contribution >= 0.6 is 0 Å². The first kappa shape index (κ1) is 15.0. The molecule has 1 fully saturated rings. The van der Waals surface area contributed by atoms with Crippen LogP contribution in [-0.4, -0.2) is 52.5 Å². The van der Waals surface area contributed by atoms with Gasteiger partial charge < -0.3 is 14.3 Å². The van der Waals surface area contributed by atoms with Gasteiger partial charge in [0.25, 0.3) is 0 Å². The Morgan fingerprint density at radius 2 is 2.15 bits per heavy atom. The lowest BCUT2D eigenvalue weighted by Gasteiger charge is -2.31. The number of piperidine rings is 1. The Bertz CT molecular complexity index is 438. The Morgan fingerprint density at radius 1 is 1.45 bits per heavy atom. The lowest BCUT2D eigenvalue weighted by molar-refractivity contribution is -0.131. The van der Waals surface area contributed by atoms with Gasteiger partial charge in [-0.2, -0.15) is 4.98 Å². The van der Waals surface area contributed by atoms with Crippen LogP contribution < -0.4 is 0 Å². The highest BCUT2D eigenvalue weighted by Gasteiger charge is 2.22. The molecule has 1 aromatic rings. The van der Waals surface area contributed by atoms with Gasteiger partial charge in [-0.05, 0) is 38.4 Å². The third kappa shape index (κ3) is 4.03. The van der Waals surface area contributed by atoms with E-state index in [1.807, 2.05) is 0 Å². The second-order valence-electron chi connectivity index (χ2n) is 5.56. The zero-order chi connectivity index (χ0) is 14.5. The molecule has 0 radical (unpaired) electrons. The first-order valence-corrected chi connectivity index (χ1v) is 7.34. The fourth-order valence-electron chi connectivity index (χ4n) is 2.62. The molecule has 0 spiro atoms. The lowest BCUT2D eigenvalue weighted by Crippen LogP contribution is -2.36. The van der Waals surface area contributed by atoms with E-state index in [1.54, 1.807) is 18.9 Å². The number of carbonyl (C=O) groups is 1. The lowest BCUT2D eigenvalue weighted by atomic mass is 9.93. The van der Waals surface area contributed by atoms with Gasteiger partial charge in [0.15, 0.2) is 5.82 Å². The minimum atomic E-state index is 0.169. The van der Waals surface area contributed by atoms with Crippen LogP contribution in [0.5, 0.6) is 0 Å². The summed E-state index contributed by atoms with van der Waals surface area (Å²) >= 11 is 0. The maximum atomic E-state index is 12.2. The van der Waals surface area contributed by atoms with E-state index in [9.17, 15) is 4.79 Å². The van der Waals surface area contributed by atoms with Crippen LogP contribution in [0.1, 0.15) is 37.9 Å². The Morgan fingerprint density at radius 3 is 2.70 bits per heavy atom. The molecule has 6 heteroatoms. The summed E-state index contributed by atoms with van der Waals surface area (Å²) in [7, 11) is 1.80. The number of likely N-dealkylation sites (tertiary alicyclic amines) is 1. The summed E-state index contributed by atoms with van der Waals surface area (Å²) in [5.74, 6) is 1.79. The molecular weight excluding hydrogens is 256 g/mol. The van der Waals surface area contributed by atoms with E-state index in [-0.39, 0.29) is 5.91 Å². The third-order valence-corrected chi connectivity index (χ3v) is 3.99. The molecule has 0 saturated carbocycles. The SMILES string of the molecule is CCN1CCC(CC(=O)N(C)Cc2noc(C)n2)CC1. The Balaban J connectivity index is 1.76. The zero-order valence-electron chi connectivity index (χ0n) is 12.6. The second kappa shape index (κ2) is 6.83. The van der Waals surface area contributed by atoms with E-state index in [0.717, 1.165) is 32.5 Å². The quantitative estimate of drug-likeness (QED) is 0.817. The van der Waals surface area contributed by atoms with Crippen LogP contribution in [0.4, 0.5) is 0 Å². The normalized spacial score (nSPS) is 17.4. The minimum Gasteiger partial charge on any atom is -0.340 e. The molecule has 0 N–H and O–H groups in total. The predicted molar refractivity (Wildman–Crippen MR) is 75.0 cm³/mol. The van der Waals surface area contributed by atoms with Crippen molar-refractivity contribution in [2.24, 2.45) is 5.92 Å². The molecule has 0 aliphatic carbocycles. The summed E-state index contributed by atoms with van der Waals surface area (Å²) in [6, 6.07) is 0. The fourth-order valence-corrected chi connectivity index (χ4v) is 2.62. The van der Waals surface area contributed by atoms with Crippen LogP contribution in [0.3, 0.4) is 0 Å². The number of carbonyl (C=O) groups excluding carboxylic acids is 1. The number of hydrogen-bond acceptors (Lipinski definition) is 5.